The number of hydrogen-bond acceptors (Lipinski definition) is 4. The first-order valence-corrected chi connectivity index (χ1v) is 5.78. The zero-order valence-electron chi connectivity index (χ0n) is 10.5. The molecule has 6 nitrogen and oxygen atoms in total. The Labute approximate surface area is 113 Å². The maximum absolute atomic E-state index is 13.1. The Morgan fingerprint density at radius 1 is 1.45 bits per heavy atom. The molecule has 20 heavy (non-hydrogen) atoms. The van der Waals surface area contributed by atoms with Crippen molar-refractivity contribution in [2.75, 3.05) is 6.61 Å². The molecule has 0 unspecified atom stereocenters. The molecule has 0 spiro atoms. The van der Waals surface area contributed by atoms with E-state index in [0.29, 0.717) is 0 Å². The molecule has 1 heterocycles. The lowest BCUT2D eigenvalue weighted by molar-refractivity contribution is 0.0526. The predicted octanol–water partition coefficient (Wildman–Crippen LogP) is 1.89. The molecule has 7 heteroatoms. The van der Waals surface area contributed by atoms with Crippen molar-refractivity contribution < 1.29 is 23.8 Å². The second-order valence-electron chi connectivity index (χ2n) is 3.86. The fourth-order valence-electron chi connectivity index (χ4n) is 1.65. The number of aromatic nitrogens is 2. The first-order chi connectivity index (χ1) is 9.52. The van der Waals surface area contributed by atoms with Crippen molar-refractivity contribution in [3.8, 4) is 5.69 Å². The van der Waals surface area contributed by atoms with E-state index in [0.717, 1.165) is 12.1 Å². The molecule has 0 fully saturated rings. The third-order valence-corrected chi connectivity index (χ3v) is 2.53. The van der Waals surface area contributed by atoms with E-state index < -0.39 is 17.8 Å². The van der Waals surface area contributed by atoms with Crippen LogP contribution >= 0.6 is 0 Å². The molecule has 0 aliphatic rings. The maximum atomic E-state index is 13.1. The zero-order valence-corrected chi connectivity index (χ0v) is 10.5. The van der Waals surface area contributed by atoms with Crippen molar-refractivity contribution in [1.82, 2.24) is 9.78 Å². The first-order valence-electron chi connectivity index (χ1n) is 5.78. The highest BCUT2D eigenvalue weighted by Crippen LogP contribution is 2.16. The van der Waals surface area contributed by atoms with Crippen LogP contribution in [0, 0.1) is 5.82 Å². The second kappa shape index (κ2) is 5.52. The fraction of sp³-hybridized carbons (Fsp3) is 0.154. The summed E-state index contributed by atoms with van der Waals surface area (Å²) in [5.74, 6) is -2.51. The van der Waals surface area contributed by atoms with Gasteiger partial charge in [-0.2, -0.15) is 5.10 Å². The number of carboxylic acids is 1. The van der Waals surface area contributed by atoms with Gasteiger partial charge in [0.2, 0.25) is 0 Å². The number of esters is 1. The van der Waals surface area contributed by atoms with Crippen LogP contribution in [0.25, 0.3) is 5.69 Å². The van der Waals surface area contributed by atoms with Gasteiger partial charge in [-0.25, -0.2) is 18.7 Å². The molecule has 0 saturated heterocycles. The van der Waals surface area contributed by atoms with Crippen LogP contribution in [0.2, 0.25) is 0 Å². The van der Waals surface area contributed by atoms with Crippen LogP contribution in [0.3, 0.4) is 0 Å². The van der Waals surface area contributed by atoms with E-state index in [-0.39, 0.29) is 23.4 Å². The minimum atomic E-state index is -1.28. The number of carbonyl (C=O) groups excluding carboxylic acids is 1. The van der Waals surface area contributed by atoms with Crippen LogP contribution in [0.1, 0.15) is 27.6 Å². The third-order valence-electron chi connectivity index (χ3n) is 2.53. The molecule has 0 bridgehead atoms. The summed E-state index contributed by atoms with van der Waals surface area (Å²) in [5, 5.41) is 12.9. The Hall–Kier alpha value is -2.70. The van der Waals surface area contributed by atoms with Crippen molar-refractivity contribution >= 4 is 11.9 Å². The number of ether oxygens (including phenoxy) is 1. The van der Waals surface area contributed by atoms with Crippen molar-refractivity contribution in [1.29, 1.82) is 0 Å². The van der Waals surface area contributed by atoms with E-state index in [1.165, 1.54) is 23.1 Å². The van der Waals surface area contributed by atoms with E-state index in [9.17, 15) is 14.0 Å². The van der Waals surface area contributed by atoms with E-state index in [1.807, 2.05) is 0 Å². The van der Waals surface area contributed by atoms with Gasteiger partial charge in [0.15, 0.2) is 0 Å². The van der Waals surface area contributed by atoms with Crippen LogP contribution in [0.5, 0.6) is 0 Å². The number of carbonyl (C=O) groups is 2. The molecule has 0 amide bonds. The quantitative estimate of drug-likeness (QED) is 0.864. The lowest BCUT2D eigenvalue weighted by Gasteiger charge is -2.05. The molecule has 0 aliphatic carbocycles. The highest BCUT2D eigenvalue weighted by Gasteiger charge is 2.16. The van der Waals surface area contributed by atoms with Gasteiger partial charge in [0.05, 0.1) is 29.6 Å². The summed E-state index contributed by atoms with van der Waals surface area (Å²) in [6.07, 6.45) is 2.59. The average molecular weight is 278 g/mol. The Kier molecular flexibility index (Phi) is 3.79. The summed E-state index contributed by atoms with van der Waals surface area (Å²) in [6.45, 7) is 1.89. The molecule has 0 atom stereocenters. The van der Waals surface area contributed by atoms with Gasteiger partial charge in [-0.1, -0.05) is 0 Å². The van der Waals surface area contributed by atoms with E-state index in [1.54, 1.807) is 6.92 Å². The van der Waals surface area contributed by atoms with Crippen LogP contribution in [0.15, 0.2) is 30.6 Å². The number of hydrogen-bond donors (Lipinski definition) is 1. The van der Waals surface area contributed by atoms with Gasteiger partial charge >= 0.3 is 11.9 Å². The monoisotopic (exact) mass is 278 g/mol. The normalized spacial score (nSPS) is 10.3. The first kappa shape index (κ1) is 13.7. The van der Waals surface area contributed by atoms with Gasteiger partial charge in [-0.05, 0) is 25.1 Å². The fourth-order valence-corrected chi connectivity index (χ4v) is 1.65. The molecule has 1 N–H and O–H groups in total. The summed E-state index contributed by atoms with van der Waals surface area (Å²) in [6, 6.07) is 3.29. The van der Waals surface area contributed by atoms with Crippen molar-refractivity contribution in [3.63, 3.8) is 0 Å². The highest BCUT2D eigenvalue weighted by atomic mass is 19.1. The van der Waals surface area contributed by atoms with Gasteiger partial charge < -0.3 is 9.84 Å². The van der Waals surface area contributed by atoms with Crippen LogP contribution in [-0.2, 0) is 4.74 Å². The van der Waals surface area contributed by atoms with Gasteiger partial charge in [0.25, 0.3) is 0 Å². The molecule has 2 rings (SSSR count). The molecular weight excluding hydrogens is 267 g/mol. The molecule has 1 aromatic heterocycles. The molecule has 2 aromatic rings. The summed E-state index contributed by atoms with van der Waals surface area (Å²) < 4.78 is 19.1. The van der Waals surface area contributed by atoms with Crippen LogP contribution in [0.4, 0.5) is 4.39 Å². The smallest absolute Gasteiger partial charge is 0.341 e. The third kappa shape index (κ3) is 2.66. The topological polar surface area (TPSA) is 81.4 Å². The Morgan fingerprint density at radius 3 is 2.85 bits per heavy atom. The SMILES string of the molecule is CCOC(=O)c1cnn(-c2ccc(F)cc2C(=O)O)c1. The lowest BCUT2D eigenvalue weighted by atomic mass is 10.2. The number of halogens is 1. The Morgan fingerprint density at radius 2 is 2.20 bits per heavy atom. The number of benzene rings is 1. The number of carboxylic acid groups (broad SMARTS) is 1. The standard InChI is InChI=1S/C13H11FN2O4/c1-2-20-13(19)8-6-15-16(7-8)11-4-3-9(14)5-10(11)12(17)18/h3-7H,2H2,1H3,(H,17,18). The molecule has 0 radical (unpaired) electrons. The highest BCUT2D eigenvalue weighted by molar-refractivity contribution is 5.92. The predicted molar refractivity (Wildman–Crippen MR) is 66.4 cm³/mol. The molecule has 104 valence electrons. The van der Waals surface area contributed by atoms with Gasteiger partial charge in [0, 0.05) is 6.20 Å². The number of aromatic carboxylic acids is 1. The average Bonchev–Trinajstić information content (AvgIpc) is 2.88. The lowest BCUT2D eigenvalue weighted by Crippen LogP contribution is -2.07. The summed E-state index contributed by atoms with van der Waals surface area (Å²) >= 11 is 0. The minimum absolute atomic E-state index is 0.162. The summed E-state index contributed by atoms with van der Waals surface area (Å²) in [5.41, 5.74) is 0.102. The zero-order chi connectivity index (χ0) is 14.7. The van der Waals surface area contributed by atoms with Crippen LogP contribution in [-0.4, -0.2) is 33.4 Å². The Bertz CT molecular complexity index is 666. The van der Waals surface area contributed by atoms with Crippen molar-refractivity contribution in [2.24, 2.45) is 0 Å². The number of rotatable bonds is 4. The van der Waals surface area contributed by atoms with Gasteiger partial charge in [-0.3, -0.25) is 0 Å². The van der Waals surface area contributed by atoms with Crippen LogP contribution < -0.4 is 0 Å². The van der Waals surface area contributed by atoms with Crippen molar-refractivity contribution in [3.05, 3.63) is 47.5 Å². The van der Waals surface area contributed by atoms with E-state index in [4.69, 9.17) is 9.84 Å². The largest absolute Gasteiger partial charge is 0.478 e. The second-order valence-corrected chi connectivity index (χ2v) is 3.86. The molecule has 1 aromatic carbocycles. The van der Waals surface area contributed by atoms with Gasteiger partial charge in [0.1, 0.15) is 5.82 Å². The summed E-state index contributed by atoms with van der Waals surface area (Å²) in [4.78, 5) is 22.6. The van der Waals surface area contributed by atoms with Gasteiger partial charge in [-0.15, -0.1) is 0 Å². The molecule has 0 saturated carbocycles. The minimum Gasteiger partial charge on any atom is -0.478 e. The molecular formula is C13H11FN2O4. The van der Waals surface area contributed by atoms with E-state index in [2.05, 4.69) is 5.10 Å². The molecule has 0 aliphatic heterocycles. The number of nitrogens with zero attached hydrogens (tertiary/aromatic N) is 2. The van der Waals surface area contributed by atoms with E-state index >= 15 is 0 Å². The summed E-state index contributed by atoms with van der Waals surface area (Å²) in [7, 11) is 0. The Balaban J connectivity index is 2.42. The van der Waals surface area contributed by atoms with Crippen molar-refractivity contribution in [2.45, 2.75) is 6.92 Å². The maximum Gasteiger partial charge on any atom is 0.341 e.